The van der Waals surface area contributed by atoms with Crippen LogP contribution in [0.25, 0.3) is 0 Å². The predicted molar refractivity (Wildman–Crippen MR) is 88.1 cm³/mol. The Bertz CT molecular complexity index is 390. The number of benzene rings is 1. The lowest BCUT2D eigenvalue weighted by Gasteiger charge is -2.27. The van der Waals surface area contributed by atoms with E-state index in [1.165, 1.54) is 35.7 Å². The highest BCUT2D eigenvalue weighted by Crippen LogP contribution is 2.22. The minimum atomic E-state index is 0.590. The smallest absolute Gasteiger partial charge is 0.0468 e. The Balaban J connectivity index is 1.91. The first-order chi connectivity index (χ1) is 9.78. The van der Waals surface area contributed by atoms with Crippen molar-refractivity contribution in [2.24, 2.45) is 5.92 Å². The third-order valence-electron chi connectivity index (χ3n) is 4.01. The van der Waals surface area contributed by atoms with Gasteiger partial charge in [-0.1, -0.05) is 35.0 Å². The van der Waals surface area contributed by atoms with E-state index in [9.17, 15) is 0 Å². The summed E-state index contributed by atoms with van der Waals surface area (Å²) in [5.41, 5.74) is 1.42. The third kappa shape index (κ3) is 5.55. The van der Waals surface area contributed by atoms with Crippen molar-refractivity contribution in [1.82, 2.24) is 5.32 Å². The molecule has 1 saturated heterocycles. The van der Waals surface area contributed by atoms with Crippen LogP contribution < -0.4 is 5.32 Å². The average molecular weight is 340 g/mol. The molecule has 1 aromatic rings. The van der Waals surface area contributed by atoms with E-state index in [0.29, 0.717) is 6.04 Å². The van der Waals surface area contributed by atoms with E-state index in [0.717, 1.165) is 32.1 Å². The number of hydrogen-bond donors (Lipinski definition) is 1. The maximum absolute atomic E-state index is 5.47. The molecule has 2 rings (SSSR count). The maximum Gasteiger partial charge on any atom is 0.0468 e. The Morgan fingerprint density at radius 2 is 2.15 bits per heavy atom. The Kier molecular flexibility index (Phi) is 7.05. The fraction of sp³-hybridized carbons (Fsp3) is 0.647. The Morgan fingerprint density at radius 3 is 2.85 bits per heavy atom. The van der Waals surface area contributed by atoms with Crippen LogP contribution in [0.4, 0.5) is 0 Å². The first kappa shape index (κ1) is 16.0. The second-order valence-corrected chi connectivity index (χ2v) is 6.69. The summed E-state index contributed by atoms with van der Waals surface area (Å²) in [4.78, 5) is 0. The van der Waals surface area contributed by atoms with E-state index in [-0.39, 0.29) is 0 Å². The largest absolute Gasteiger partial charge is 0.381 e. The molecule has 20 heavy (non-hydrogen) atoms. The molecule has 0 bridgehead atoms. The van der Waals surface area contributed by atoms with Gasteiger partial charge >= 0.3 is 0 Å². The molecule has 1 N–H and O–H groups in total. The molecule has 0 aliphatic carbocycles. The Labute approximate surface area is 131 Å². The number of nitrogens with one attached hydrogen (secondary N) is 1. The van der Waals surface area contributed by atoms with E-state index in [4.69, 9.17) is 4.74 Å². The first-order valence-corrected chi connectivity index (χ1v) is 8.62. The van der Waals surface area contributed by atoms with Gasteiger partial charge in [0.1, 0.15) is 0 Å². The van der Waals surface area contributed by atoms with Gasteiger partial charge in [-0.25, -0.2) is 0 Å². The van der Waals surface area contributed by atoms with Crippen LogP contribution in [0.1, 0.15) is 38.2 Å². The molecule has 1 unspecified atom stereocenters. The summed E-state index contributed by atoms with van der Waals surface area (Å²) in [6.07, 6.45) is 6.04. The summed E-state index contributed by atoms with van der Waals surface area (Å²) < 4.78 is 6.65. The van der Waals surface area contributed by atoms with Gasteiger partial charge in [-0.2, -0.15) is 0 Å². The van der Waals surface area contributed by atoms with Gasteiger partial charge in [0.25, 0.3) is 0 Å². The minimum absolute atomic E-state index is 0.590. The van der Waals surface area contributed by atoms with E-state index in [1.807, 2.05) is 0 Å². The highest BCUT2D eigenvalue weighted by atomic mass is 79.9. The van der Waals surface area contributed by atoms with Crippen molar-refractivity contribution < 1.29 is 4.74 Å². The van der Waals surface area contributed by atoms with Crippen molar-refractivity contribution >= 4 is 15.9 Å². The zero-order valence-corrected chi connectivity index (χ0v) is 14.0. The molecule has 0 saturated carbocycles. The zero-order valence-electron chi connectivity index (χ0n) is 12.4. The molecule has 1 aromatic carbocycles. The SMILES string of the molecule is CCCNC(Cc1cccc(Br)c1)CC1CCOCC1. The molecule has 0 spiro atoms. The second-order valence-electron chi connectivity index (χ2n) is 5.78. The molecule has 0 aromatic heterocycles. The van der Waals surface area contributed by atoms with Gasteiger partial charge in [0.15, 0.2) is 0 Å². The van der Waals surface area contributed by atoms with Gasteiger partial charge in [0.05, 0.1) is 0 Å². The van der Waals surface area contributed by atoms with Gasteiger partial charge < -0.3 is 10.1 Å². The molecule has 3 heteroatoms. The number of ether oxygens (including phenoxy) is 1. The summed E-state index contributed by atoms with van der Waals surface area (Å²) in [6, 6.07) is 9.29. The molecular weight excluding hydrogens is 314 g/mol. The molecular formula is C17H26BrNO. The van der Waals surface area contributed by atoms with Gasteiger partial charge in [-0.15, -0.1) is 0 Å². The number of rotatable bonds is 7. The lowest BCUT2D eigenvalue weighted by atomic mass is 9.90. The molecule has 1 fully saturated rings. The Hall–Kier alpha value is -0.380. The van der Waals surface area contributed by atoms with Crippen molar-refractivity contribution in [3.8, 4) is 0 Å². The fourth-order valence-electron chi connectivity index (χ4n) is 2.92. The predicted octanol–water partition coefficient (Wildman–Crippen LogP) is 4.18. The maximum atomic E-state index is 5.47. The quantitative estimate of drug-likeness (QED) is 0.804. The van der Waals surface area contributed by atoms with E-state index < -0.39 is 0 Å². The van der Waals surface area contributed by atoms with Crippen molar-refractivity contribution in [2.45, 2.75) is 45.1 Å². The van der Waals surface area contributed by atoms with Gasteiger partial charge in [-0.3, -0.25) is 0 Å². The molecule has 2 nitrogen and oxygen atoms in total. The molecule has 112 valence electrons. The standard InChI is InChI=1S/C17H26BrNO/c1-2-8-19-17(12-14-6-9-20-10-7-14)13-15-4-3-5-16(18)11-15/h3-5,11,14,17,19H,2,6-10,12-13H2,1H3. The van der Waals surface area contributed by atoms with Crippen LogP contribution in [0, 0.1) is 5.92 Å². The topological polar surface area (TPSA) is 21.3 Å². The monoisotopic (exact) mass is 339 g/mol. The summed E-state index contributed by atoms with van der Waals surface area (Å²) in [7, 11) is 0. The zero-order chi connectivity index (χ0) is 14.2. The van der Waals surface area contributed by atoms with Gasteiger partial charge in [0, 0.05) is 23.7 Å². The molecule has 1 atom stereocenters. The molecule has 0 amide bonds. The first-order valence-electron chi connectivity index (χ1n) is 7.83. The normalized spacial score (nSPS) is 18.1. The number of hydrogen-bond acceptors (Lipinski definition) is 2. The van der Waals surface area contributed by atoms with Gasteiger partial charge in [0.2, 0.25) is 0 Å². The van der Waals surface area contributed by atoms with Gasteiger partial charge in [-0.05, 0) is 62.3 Å². The van der Waals surface area contributed by atoms with Crippen molar-refractivity contribution in [2.75, 3.05) is 19.8 Å². The molecule has 1 aliphatic heterocycles. The molecule has 1 heterocycles. The Morgan fingerprint density at radius 1 is 1.35 bits per heavy atom. The lowest BCUT2D eigenvalue weighted by molar-refractivity contribution is 0.0605. The highest BCUT2D eigenvalue weighted by molar-refractivity contribution is 9.10. The van der Waals surface area contributed by atoms with Crippen LogP contribution in [-0.4, -0.2) is 25.8 Å². The van der Waals surface area contributed by atoms with E-state index in [1.54, 1.807) is 0 Å². The van der Waals surface area contributed by atoms with Crippen molar-refractivity contribution in [3.05, 3.63) is 34.3 Å². The summed E-state index contributed by atoms with van der Waals surface area (Å²) in [5.74, 6) is 0.824. The van der Waals surface area contributed by atoms with Crippen LogP contribution in [0.3, 0.4) is 0 Å². The summed E-state index contributed by atoms with van der Waals surface area (Å²) in [5, 5.41) is 3.73. The second kappa shape index (κ2) is 8.81. The molecule has 0 radical (unpaired) electrons. The molecule has 1 aliphatic rings. The third-order valence-corrected chi connectivity index (χ3v) is 4.51. The van der Waals surface area contributed by atoms with E-state index >= 15 is 0 Å². The fourth-order valence-corrected chi connectivity index (χ4v) is 3.37. The number of halogens is 1. The highest BCUT2D eigenvalue weighted by Gasteiger charge is 2.19. The van der Waals surface area contributed by atoms with Crippen LogP contribution in [-0.2, 0) is 11.2 Å². The summed E-state index contributed by atoms with van der Waals surface area (Å²) >= 11 is 3.57. The van der Waals surface area contributed by atoms with Crippen LogP contribution in [0.2, 0.25) is 0 Å². The van der Waals surface area contributed by atoms with Crippen molar-refractivity contribution in [3.63, 3.8) is 0 Å². The van der Waals surface area contributed by atoms with Crippen LogP contribution >= 0.6 is 15.9 Å². The van der Waals surface area contributed by atoms with Crippen LogP contribution in [0.15, 0.2) is 28.7 Å². The van der Waals surface area contributed by atoms with Crippen molar-refractivity contribution in [1.29, 1.82) is 0 Å². The minimum Gasteiger partial charge on any atom is -0.381 e. The summed E-state index contributed by atoms with van der Waals surface area (Å²) in [6.45, 7) is 5.24. The average Bonchev–Trinajstić information content (AvgIpc) is 2.46. The van der Waals surface area contributed by atoms with E-state index in [2.05, 4.69) is 52.4 Å². The lowest BCUT2D eigenvalue weighted by Crippen LogP contribution is -2.35. The van der Waals surface area contributed by atoms with Crippen LogP contribution in [0.5, 0.6) is 0 Å².